The Morgan fingerprint density at radius 3 is 2.27 bits per heavy atom. The van der Waals surface area contributed by atoms with E-state index in [0.717, 1.165) is 12.5 Å². The third-order valence-electron chi connectivity index (χ3n) is 2.76. The minimum absolute atomic E-state index is 0.760. The Bertz CT molecular complexity index is 284. The van der Waals surface area contributed by atoms with Crippen LogP contribution in [0.15, 0.2) is 18.2 Å². The van der Waals surface area contributed by atoms with Gasteiger partial charge in [0.05, 0.1) is 0 Å². The molecule has 1 aromatic carbocycles. The highest BCUT2D eigenvalue weighted by Crippen LogP contribution is 2.13. The van der Waals surface area contributed by atoms with Gasteiger partial charge in [0.25, 0.3) is 0 Å². The Labute approximate surface area is 93.9 Å². The fourth-order valence-electron chi connectivity index (χ4n) is 2.08. The van der Waals surface area contributed by atoms with Gasteiger partial charge in [0.1, 0.15) is 0 Å². The monoisotopic (exact) mass is 205 g/mol. The number of rotatable bonds is 5. The molecule has 0 fully saturated rings. The molecule has 0 radical (unpaired) electrons. The lowest BCUT2D eigenvalue weighted by Crippen LogP contribution is -2.16. The fourth-order valence-corrected chi connectivity index (χ4v) is 2.08. The summed E-state index contributed by atoms with van der Waals surface area (Å²) in [5, 5.41) is 3.23. The molecule has 0 bridgehead atoms. The van der Waals surface area contributed by atoms with E-state index in [1.54, 1.807) is 0 Å². The van der Waals surface area contributed by atoms with Crippen LogP contribution in [0.2, 0.25) is 0 Å². The molecule has 1 heteroatoms. The molecule has 0 heterocycles. The van der Waals surface area contributed by atoms with Crippen LogP contribution >= 0.6 is 0 Å². The molecular weight excluding hydrogens is 182 g/mol. The maximum absolute atomic E-state index is 3.23. The van der Waals surface area contributed by atoms with Gasteiger partial charge in [0.2, 0.25) is 0 Å². The zero-order chi connectivity index (χ0) is 11.3. The van der Waals surface area contributed by atoms with Gasteiger partial charge in [0.15, 0.2) is 0 Å². The van der Waals surface area contributed by atoms with Crippen molar-refractivity contribution in [3.63, 3.8) is 0 Å². The summed E-state index contributed by atoms with van der Waals surface area (Å²) in [6, 6.07) is 6.85. The molecule has 1 nitrogen and oxygen atoms in total. The van der Waals surface area contributed by atoms with Crippen molar-refractivity contribution in [1.29, 1.82) is 0 Å². The average Bonchev–Trinajstić information content (AvgIpc) is 2.14. The van der Waals surface area contributed by atoms with E-state index in [1.807, 2.05) is 7.05 Å². The van der Waals surface area contributed by atoms with Gasteiger partial charge in [-0.15, -0.1) is 0 Å². The highest BCUT2D eigenvalue weighted by molar-refractivity contribution is 5.28. The van der Waals surface area contributed by atoms with Crippen LogP contribution in [0.25, 0.3) is 0 Å². The number of aryl methyl sites for hydroxylation is 3. The van der Waals surface area contributed by atoms with E-state index in [2.05, 4.69) is 44.3 Å². The first-order valence-corrected chi connectivity index (χ1v) is 5.83. The van der Waals surface area contributed by atoms with Gasteiger partial charge in [-0.1, -0.05) is 36.2 Å². The number of hydrogen-bond donors (Lipinski definition) is 1. The minimum atomic E-state index is 0.760. The first-order chi connectivity index (χ1) is 7.11. The number of hydrogen-bond acceptors (Lipinski definition) is 1. The van der Waals surface area contributed by atoms with E-state index in [9.17, 15) is 0 Å². The lowest BCUT2D eigenvalue weighted by molar-refractivity contribution is 0.505. The van der Waals surface area contributed by atoms with Gasteiger partial charge in [-0.2, -0.15) is 0 Å². The standard InChI is InChI=1S/C14H23N/c1-11(10-15-4)5-6-14-8-12(2)7-13(3)9-14/h7-9,11,15H,5-6,10H2,1-4H3. The second-order valence-corrected chi connectivity index (χ2v) is 4.70. The van der Waals surface area contributed by atoms with Crippen LogP contribution in [0.5, 0.6) is 0 Å². The molecule has 84 valence electrons. The normalized spacial score (nSPS) is 12.8. The van der Waals surface area contributed by atoms with Crippen molar-refractivity contribution in [3.05, 3.63) is 34.9 Å². The minimum Gasteiger partial charge on any atom is -0.319 e. The molecule has 1 atom stereocenters. The Morgan fingerprint density at radius 1 is 1.13 bits per heavy atom. The first kappa shape index (κ1) is 12.3. The van der Waals surface area contributed by atoms with Crippen molar-refractivity contribution < 1.29 is 0 Å². The second-order valence-electron chi connectivity index (χ2n) is 4.70. The third kappa shape index (κ3) is 4.48. The zero-order valence-corrected chi connectivity index (χ0v) is 10.4. The van der Waals surface area contributed by atoms with Crippen LogP contribution < -0.4 is 5.32 Å². The molecule has 0 aliphatic heterocycles. The van der Waals surface area contributed by atoms with Gasteiger partial charge in [-0.25, -0.2) is 0 Å². The quantitative estimate of drug-likeness (QED) is 0.779. The van der Waals surface area contributed by atoms with Crippen molar-refractivity contribution in [2.45, 2.75) is 33.6 Å². The van der Waals surface area contributed by atoms with Gasteiger partial charge in [-0.3, -0.25) is 0 Å². The van der Waals surface area contributed by atoms with Crippen LogP contribution in [0.1, 0.15) is 30.0 Å². The highest BCUT2D eigenvalue weighted by Gasteiger charge is 2.02. The maximum Gasteiger partial charge on any atom is -0.00260 e. The maximum atomic E-state index is 3.23. The molecule has 0 aliphatic rings. The Kier molecular flexibility index (Phi) is 4.83. The van der Waals surface area contributed by atoms with Crippen LogP contribution in [0.4, 0.5) is 0 Å². The largest absolute Gasteiger partial charge is 0.319 e. The van der Waals surface area contributed by atoms with Gasteiger partial charge < -0.3 is 5.32 Å². The molecule has 0 aliphatic carbocycles. The summed E-state index contributed by atoms with van der Waals surface area (Å²) >= 11 is 0. The predicted molar refractivity (Wildman–Crippen MR) is 67.3 cm³/mol. The lowest BCUT2D eigenvalue weighted by Gasteiger charge is -2.11. The SMILES string of the molecule is CNCC(C)CCc1cc(C)cc(C)c1. The van der Waals surface area contributed by atoms with Crippen molar-refractivity contribution in [2.24, 2.45) is 5.92 Å². The van der Waals surface area contributed by atoms with Crippen LogP contribution in [0, 0.1) is 19.8 Å². The molecule has 1 unspecified atom stereocenters. The van der Waals surface area contributed by atoms with Crippen LogP contribution in [0.3, 0.4) is 0 Å². The highest BCUT2D eigenvalue weighted by atomic mass is 14.8. The molecule has 0 amide bonds. The van der Waals surface area contributed by atoms with Crippen molar-refractivity contribution in [1.82, 2.24) is 5.32 Å². The Morgan fingerprint density at radius 2 is 1.73 bits per heavy atom. The van der Waals surface area contributed by atoms with E-state index in [0.29, 0.717) is 0 Å². The van der Waals surface area contributed by atoms with Gasteiger partial charge >= 0.3 is 0 Å². The van der Waals surface area contributed by atoms with E-state index in [1.165, 1.54) is 29.5 Å². The second kappa shape index (κ2) is 5.92. The molecule has 1 rings (SSSR count). The predicted octanol–water partition coefficient (Wildman–Crippen LogP) is 3.09. The molecular formula is C14H23N. The molecule has 0 saturated heterocycles. The van der Waals surface area contributed by atoms with Crippen LogP contribution in [-0.2, 0) is 6.42 Å². The summed E-state index contributed by atoms with van der Waals surface area (Å²) in [6.45, 7) is 7.77. The van der Waals surface area contributed by atoms with Gasteiger partial charge in [-0.05, 0) is 51.8 Å². The summed E-state index contributed by atoms with van der Waals surface area (Å²) in [7, 11) is 2.02. The van der Waals surface area contributed by atoms with Crippen molar-refractivity contribution >= 4 is 0 Å². The molecule has 15 heavy (non-hydrogen) atoms. The van der Waals surface area contributed by atoms with E-state index in [-0.39, 0.29) is 0 Å². The molecule has 1 N–H and O–H groups in total. The number of benzene rings is 1. The number of nitrogens with one attached hydrogen (secondary N) is 1. The average molecular weight is 205 g/mol. The molecule has 0 spiro atoms. The van der Waals surface area contributed by atoms with Crippen molar-refractivity contribution in [2.75, 3.05) is 13.6 Å². The zero-order valence-electron chi connectivity index (χ0n) is 10.4. The Balaban J connectivity index is 2.50. The molecule has 0 aromatic heterocycles. The van der Waals surface area contributed by atoms with Crippen molar-refractivity contribution in [3.8, 4) is 0 Å². The first-order valence-electron chi connectivity index (χ1n) is 5.83. The molecule has 1 aromatic rings. The summed E-state index contributed by atoms with van der Waals surface area (Å²) in [5.74, 6) is 0.760. The Hall–Kier alpha value is -0.820. The summed E-state index contributed by atoms with van der Waals surface area (Å²) < 4.78 is 0. The lowest BCUT2D eigenvalue weighted by atomic mass is 9.98. The summed E-state index contributed by atoms with van der Waals surface area (Å²) in [6.07, 6.45) is 2.47. The van der Waals surface area contributed by atoms with E-state index in [4.69, 9.17) is 0 Å². The summed E-state index contributed by atoms with van der Waals surface area (Å²) in [5.41, 5.74) is 4.24. The smallest absolute Gasteiger partial charge is 0.00260 e. The summed E-state index contributed by atoms with van der Waals surface area (Å²) in [4.78, 5) is 0. The van der Waals surface area contributed by atoms with Gasteiger partial charge in [0, 0.05) is 0 Å². The van der Waals surface area contributed by atoms with E-state index >= 15 is 0 Å². The topological polar surface area (TPSA) is 12.0 Å². The third-order valence-corrected chi connectivity index (χ3v) is 2.76. The molecule has 0 saturated carbocycles. The van der Waals surface area contributed by atoms with Crippen LogP contribution in [-0.4, -0.2) is 13.6 Å². The van der Waals surface area contributed by atoms with E-state index < -0.39 is 0 Å². The fraction of sp³-hybridized carbons (Fsp3) is 0.571.